The number of nitrogens with one attached hydrogen (secondary N) is 1. The molecular weight excluding hydrogens is 242 g/mol. The number of aromatic nitrogens is 1. The van der Waals surface area contributed by atoms with E-state index in [4.69, 9.17) is 10.3 Å². The maximum absolute atomic E-state index is 11.8. The quantitative estimate of drug-likeness (QED) is 0.819. The second-order valence-corrected chi connectivity index (χ2v) is 4.50. The lowest BCUT2D eigenvalue weighted by molar-refractivity contribution is -0.120. The van der Waals surface area contributed by atoms with Crippen molar-refractivity contribution < 1.29 is 9.32 Å². The number of nitrogen functional groups attached to an aromatic ring is 1. The average Bonchev–Trinajstić information content (AvgIpc) is 2.70. The van der Waals surface area contributed by atoms with Crippen LogP contribution in [0.3, 0.4) is 0 Å². The smallest absolute Gasteiger partial charge is 0.224 e. The summed E-state index contributed by atoms with van der Waals surface area (Å²) in [6.45, 7) is 4.13. The number of benzene rings is 1. The highest BCUT2D eigenvalue weighted by atomic mass is 16.5. The molecule has 5 heteroatoms. The van der Waals surface area contributed by atoms with Crippen molar-refractivity contribution in [1.82, 2.24) is 10.5 Å². The van der Waals surface area contributed by atoms with Gasteiger partial charge in [0.1, 0.15) is 5.76 Å². The van der Waals surface area contributed by atoms with Crippen LogP contribution in [0.1, 0.15) is 22.6 Å². The van der Waals surface area contributed by atoms with E-state index in [0.717, 1.165) is 22.6 Å². The number of carbonyl (C=O) groups excluding carboxylic acids is 1. The number of hydrogen-bond acceptors (Lipinski definition) is 4. The Hall–Kier alpha value is -2.30. The molecule has 0 saturated heterocycles. The van der Waals surface area contributed by atoms with Crippen LogP contribution in [0.15, 0.2) is 28.8 Å². The van der Waals surface area contributed by atoms with Crippen LogP contribution in [0.25, 0.3) is 0 Å². The number of hydrogen-bond donors (Lipinski definition) is 2. The standard InChI is InChI=1S/C14H17N3O2/c1-9-13(10(2)19-17-9)8-16-14(18)7-11-3-5-12(15)6-4-11/h3-6H,7-8,15H2,1-2H3,(H,16,18). The van der Waals surface area contributed by atoms with E-state index in [-0.39, 0.29) is 5.91 Å². The van der Waals surface area contributed by atoms with Gasteiger partial charge in [-0.25, -0.2) is 0 Å². The monoisotopic (exact) mass is 259 g/mol. The second kappa shape index (κ2) is 5.56. The zero-order valence-corrected chi connectivity index (χ0v) is 11.1. The van der Waals surface area contributed by atoms with E-state index >= 15 is 0 Å². The summed E-state index contributed by atoms with van der Waals surface area (Å²) in [6, 6.07) is 7.28. The first kappa shape index (κ1) is 13.1. The molecule has 0 saturated carbocycles. The molecule has 19 heavy (non-hydrogen) atoms. The van der Waals surface area contributed by atoms with Crippen LogP contribution in [-0.4, -0.2) is 11.1 Å². The van der Waals surface area contributed by atoms with E-state index in [1.807, 2.05) is 26.0 Å². The molecule has 0 aliphatic rings. The molecule has 0 bridgehead atoms. The fraction of sp³-hybridized carbons (Fsp3) is 0.286. The molecule has 0 radical (unpaired) electrons. The Morgan fingerprint density at radius 2 is 2.00 bits per heavy atom. The number of nitrogens with zero attached hydrogens (tertiary/aromatic N) is 1. The van der Waals surface area contributed by atoms with Gasteiger partial charge in [0.2, 0.25) is 5.91 Å². The summed E-state index contributed by atoms with van der Waals surface area (Å²) in [5.41, 5.74) is 8.97. The molecule has 2 aromatic rings. The van der Waals surface area contributed by atoms with Crippen molar-refractivity contribution in [3.8, 4) is 0 Å². The van der Waals surface area contributed by atoms with Gasteiger partial charge in [-0.2, -0.15) is 0 Å². The zero-order valence-electron chi connectivity index (χ0n) is 11.1. The van der Waals surface area contributed by atoms with Gasteiger partial charge in [-0.05, 0) is 31.5 Å². The topological polar surface area (TPSA) is 81.2 Å². The molecule has 0 aliphatic carbocycles. The minimum atomic E-state index is -0.0372. The van der Waals surface area contributed by atoms with E-state index < -0.39 is 0 Å². The van der Waals surface area contributed by atoms with Gasteiger partial charge in [-0.1, -0.05) is 17.3 Å². The number of aryl methyl sites for hydroxylation is 2. The van der Waals surface area contributed by atoms with Gasteiger partial charge in [-0.15, -0.1) is 0 Å². The molecule has 3 N–H and O–H groups in total. The molecule has 5 nitrogen and oxygen atoms in total. The van der Waals surface area contributed by atoms with Gasteiger partial charge in [0.15, 0.2) is 0 Å². The molecule has 1 amide bonds. The van der Waals surface area contributed by atoms with E-state index in [1.54, 1.807) is 12.1 Å². The maximum atomic E-state index is 11.8. The highest BCUT2D eigenvalue weighted by Crippen LogP contribution is 2.11. The molecule has 0 fully saturated rings. The Balaban J connectivity index is 1.90. The highest BCUT2D eigenvalue weighted by Gasteiger charge is 2.10. The summed E-state index contributed by atoms with van der Waals surface area (Å²) in [7, 11) is 0. The van der Waals surface area contributed by atoms with Crippen LogP contribution in [0.4, 0.5) is 5.69 Å². The van der Waals surface area contributed by atoms with Gasteiger partial charge in [-0.3, -0.25) is 4.79 Å². The SMILES string of the molecule is Cc1noc(C)c1CNC(=O)Cc1ccc(N)cc1. The molecule has 1 aromatic carbocycles. The number of rotatable bonds is 4. The Bertz CT molecular complexity index is 553. The lowest BCUT2D eigenvalue weighted by atomic mass is 10.1. The fourth-order valence-electron chi connectivity index (χ4n) is 1.82. The highest BCUT2D eigenvalue weighted by molar-refractivity contribution is 5.78. The predicted molar refractivity (Wildman–Crippen MR) is 72.4 cm³/mol. The molecule has 2 rings (SSSR count). The summed E-state index contributed by atoms with van der Waals surface area (Å²) in [5, 5.41) is 6.71. The Morgan fingerprint density at radius 3 is 2.58 bits per heavy atom. The largest absolute Gasteiger partial charge is 0.399 e. The minimum absolute atomic E-state index is 0.0372. The number of amides is 1. The predicted octanol–water partition coefficient (Wildman–Crippen LogP) is 1.73. The first-order valence-corrected chi connectivity index (χ1v) is 6.09. The zero-order chi connectivity index (χ0) is 13.8. The Morgan fingerprint density at radius 1 is 1.32 bits per heavy atom. The molecule has 0 spiro atoms. The second-order valence-electron chi connectivity index (χ2n) is 4.50. The number of anilines is 1. The molecule has 0 atom stereocenters. The molecule has 0 aliphatic heterocycles. The molecular formula is C14H17N3O2. The molecule has 1 aromatic heterocycles. The van der Waals surface area contributed by atoms with Gasteiger partial charge in [0.25, 0.3) is 0 Å². The Kier molecular flexibility index (Phi) is 3.85. The van der Waals surface area contributed by atoms with Crippen molar-refractivity contribution in [2.45, 2.75) is 26.8 Å². The van der Waals surface area contributed by atoms with Crippen molar-refractivity contribution in [3.63, 3.8) is 0 Å². The van der Waals surface area contributed by atoms with Crippen molar-refractivity contribution >= 4 is 11.6 Å². The normalized spacial score (nSPS) is 10.4. The summed E-state index contributed by atoms with van der Waals surface area (Å²) in [5.74, 6) is 0.704. The van der Waals surface area contributed by atoms with Crippen molar-refractivity contribution in [2.75, 3.05) is 5.73 Å². The average molecular weight is 259 g/mol. The number of carbonyl (C=O) groups is 1. The van der Waals surface area contributed by atoms with Gasteiger partial charge >= 0.3 is 0 Å². The van der Waals surface area contributed by atoms with Crippen LogP contribution < -0.4 is 11.1 Å². The lowest BCUT2D eigenvalue weighted by Crippen LogP contribution is -2.25. The van der Waals surface area contributed by atoms with Crippen molar-refractivity contribution in [2.24, 2.45) is 0 Å². The molecule has 100 valence electrons. The third-order valence-electron chi connectivity index (χ3n) is 2.99. The minimum Gasteiger partial charge on any atom is -0.399 e. The van der Waals surface area contributed by atoms with E-state index in [2.05, 4.69) is 10.5 Å². The van der Waals surface area contributed by atoms with Gasteiger partial charge in [0.05, 0.1) is 12.1 Å². The van der Waals surface area contributed by atoms with Crippen LogP contribution in [0, 0.1) is 13.8 Å². The third kappa shape index (κ3) is 3.34. The number of nitrogens with two attached hydrogens (primary N) is 1. The summed E-state index contributed by atoms with van der Waals surface area (Å²) in [4.78, 5) is 11.8. The van der Waals surface area contributed by atoms with E-state index in [1.165, 1.54) is 0 Å². The molecule has 1 heterocycles. The van der Waals surface area contributed by atoms with E-state index in [0.29, 0.717) is 18.7 Å². The van der Waals surface area contributed by atoms with Crippen LogP contribution in [0.2, 0.25) is 0 Å². The van der Waals surface area contributed by atoms with Gasteiger partial charge in [0, 0.05) is 17.8 Å². The third-order valence-corrected chi connectivity index (χ3v) is 2.99. The van der Waals surface area contributed by atoms with Crippen LogP contribution in [0.5, 0.6) is 0 Å². The maximum Gasteiger partial charge on any atom is 0.224 e. The van der Waals surface area contributed by atoms with Crippen LogP contribution in [-0.2, 0) is 17.8 Å². The van der Waals surface area contributed by atoms with Crippen molar-refractivity contribution in [3.05, 3.63) is 46.8 Å². The van der Waals surface area contributed by atoms with Crippen LogP contribution >= 0.6 is 0 Å². The molecule has 0 unspecified atom stereocenters. The first-order chi connectivity index (χ1) is 9.06. The summed E-state index contributed by atoms with van der Waals surface area (Å²) < 4.78 is 5.04. The van der Waals surface area contributed by atoms with E-state index in [9.17, 15) is 4.79 Å². The summed E-state index contributed by atoms with van der Waals surface area (Å²) in [6.07, 6.45) is 0.337. The lowest BCUT2D eigenvalue weighted by Gasteiger charge is -2.05. The summed E-state index contributed by atoms with van der Waals surface area (Å²) >= 11 is 0. The van der Waals surface area contributed by atoms with Gasteiger partial charge < -0.3 is 15.6 Å². The first-order valence-electron chi connectivity index (χ1n) is 6.09. The van der Waals surface area contributed by atoms with Crippen molar-refractivity contribution in [1.29, 1.82) is 0 Å². The Labute approximate surface area is 111 Å². The fourth-order valence-corrected chi connectivity index (χ4v) is 1.82.